The number of hydrogen-bond donors (Lipinski definition) is 8. The third kappa shape index (κ3) is 7.77. The van der Waals surface area contributed by atoms with Crippen molar-refractivity contribution in [1.82, 2.24) is 20.9 Å². The van der Waals surface area contributed by atoms with Crippen molar-refractivity contribution in [1.29, 1.82) is 0 Å². The van der Waals surface area contributed by atoms with E-state index in [0.717, 1.165) is 10.9 Å². The molecular formula is C23H33N5O7. The minimum Gasteiger partial charge on any atom is -0.480 e. The molecule has 0 saturated heterocycles. The van der Waals surface area contributed by atoms with Crippen LogP contribution in [0.5, 0.6) is 0 Å². The molecule has 0 saturated carbocycles. The fourth-order valence-electron chi connectivity index (χ4n) is 3.52. The number of para-hydroxylation sites is 1. The molecule has 0 radical (unpaired) electrons. The number of hydrogen-bond acceptors (Lipinski definition) is 7. The minimum absolute atomic E-state index is 0.0157. The maximum atomic E-state index is 13.0. The summed E-state index contributed by atoms with van der Waals surface area (Å²) in [5.41, 5.74) is 6.95. The van der Waals surface area contributed by atoms with Gasteiger partial charge >= 0.3 is 5.97 Å². The third-order valence-electron chi connectivity index (χ3n) is 5.40. The lowest BCUT2D eigenvalue weighted by Gasteiger charge is -2.25. The number of nitrogens with one attached hydrogen (secondary N) is 4. The highest BCUT2D eigenvalue weighted by Gasteiger charge is 2.30. The van der Waals surface area contributed by atoms with E-state index in [-0.39, 0.29) is 18.8 Å². The smallest absolute Gasteiger partial charge is 0.326 e. The van der Waals surface area contributed by atoms with E-state index in [0.29, 0.717) is 5.56 Å². The molecule has 2 rings (SSSR count). The summed E-state index contributed by atoms with van der Waals surface area (Å²) in [4.78, 5) is 52.5. The van der Waals surface area contributed by atoms with E-state index in [4.69, 9.17) is 10.8 Å². The Bertz CT molecular complexity index is 1040. The molecule has 9 N–H and O–H groups in total. The van der Waals surface area contributed by atoms with Crippen LogP contribution in [0.2, 0.25) is 0 Å². The largest absolute Gasteiger partial charge is 0.480 e. The average molecular weight is 492 g/mol. The van der Waals surface area contributed by atoms with Crippen molar-refractivity contribution in [3.8, 4) is 0 Å². The van der Waals surface area contributed by atoms with Gasteiger partial charge in [-0.1, -0.05) is 32.0 Å². The van der Waals surface area contributed by atoms with Crippen LogP contribution < -0.4 is 21.7 Å². The van der Waals surface area contributed by atoms with E-state index in [1.807, 2.05) is 38.1 Å². The number of rotatable bonds is 13. The number of aromatic nitrogens is 1. The predicted molar refractivity (Wildman–Crippen MR) is 127 cm³/mol. The zero-order chi connectivity index (χ0) is 26.1. The van der Waals surface area contributed by atoms with Gasteiger partial charge in [-0.3, -0.25) is 14.4 Å². The summed E-state index contributed by atoms with van der Waals surface area (Å²) in [6.07, 6.45) is 1.88. The molecule has 2 aromatic rings. The van der Waals surface area contributed by atoms with Gasteiger partial charge in [-0.2, -0.15) is 0 Å². The molecule has 192 valence electrons. The first-order chi connectivity index (χ1) is 16.6. The van der Waals surface area contributed by atoms with Gasteiger partial charge in [0.25, 0.3) is 0 Å². The van der Waals surface area contributed by atoms with Gasteiger partial charge in [-0.15, -0.1) is 0 Å². The summed E-state index contributed by atoms with van der Waals surface area (Å²) < 4.78 is 0. The molecule has 0 fully saturated rings. The van der Waals surface area contributed by atoms with Crippen LogP contribution in [0, 0.1) is 5.92 Å². The van der Waals surface area contributed by atoms with Gasteiger partial charge in [0.2, 0.25) is 17.7 Å². The monoisotopic (exact) mass is 491 g/mol. The van der Waals surface area contributed by atoms with Gasteiger partial charge in [0.1, 0.15) is 24.2 Å². The van der Waals surface area contributed by atoms with Crippen molar-refractivity contribution in [3.63, 3.8) is 0 Å². The molecule has 1 aromatic heterocycles. The van der Waals surface area contributed by atoms with Crippen LogP contribution in [0.1, 0.15) is 25.8 Å². The summed E-state index contributed by atoms with van der Waals surface area (Å²) in [5, 5.41) is 36.2. The van der Waals surface area contributed by atoms with Crippen molar-refractivity contribution < 1.29 is 34.5 Å². The van der Waals surface area contributed by atoms with E-state index in [1.54, 1.807) is 6.20 Å². The molecule has 0 spiro atoms. The third-order valence-corrected chi connectivity index (χ3v) is 5.40. The molecule has 0 bridgehead atoms. The van der Waals surface area contributed by atoms with Gasteiger partial charge in [0, 0.05) is 23.5 Å². The minimum atomic E-state index is -1.41. The molecule has 1 aromatic carbocycles. The second kappa shape index (κ2) is 12.8. The SMILES string of the molecule is CC(C)CC(NC(=O)C(CO)NC(=O)C(N)CO)C(=O)NC(Cc1c[nH]c2ccccc12)C(=O)O. The number of carboxylic acids is 1. The number of fused-ring (bicyclic) bond motifs is 1. The van der Waals surface area contributed by atoms with E-state index in [2.05, 4.69) is 20.9 Å². The molecule has 12 heteroatoms. The van der Waals surface area contributed by atoms with Crippen molar-refractivity contribution in [2.45, 2.75) is 50.9 Å². The van der Waals surface area contributed by atoms with Crippen molar-refractivity contribution in [2.24, 2.45) is 11.7 Å². The molecule has 12 nitrogen and oxygen atoms in total. The van der Waals surface area contributed by atoms with E-state index in [9.17, 15) is 29.4 Å². The second-order valence-electron chi connectivity index (χ2n) is 8.69. The second-order valence-corrected chi connectivity index (χ2v) is 8.69. The zero-order valence-electron chi connectivity index (χ0n) is 19.7. The fourth-order valence-corrected chi connectivity index (χ4v) is 3.52. The van der Waals surface area contributed by atoms with Gasteiger partial charge in [0.15, 0.2) is 0 Å². The first-order valence-electron chi connectivity index (χ1n) is 11.2. The Labute approximate surface area is 202 Å². The number of aliphatic carboxylic acids is 1. The zero-order valence-corrected chi connectivity index (χ0v) is 19.7. The lowest BCUT2D eigenvalue weighted by molar-refractivity contribution is -0.142. The summed E-state index contributed by atoms with van der Waals surface area (Å²) >= 11 is 0. The fraction of sp³-hybridized carbons (Fsp3) is 0.478. The Kier molecular flexibility index (Phi) is 10.2. The first-order valence-corrected chi connectivity index (χ1v) is 11.2. The van der Waals surface area contributed by atoms with Crippen molar-refractivity contribution in [2.75, 3.05) is 13.2 Å². The molecule has 35 heavy (non-hydrogen) atoms. The van der Waals surface area contributed by atoms with Gasteiger partial charge in [-0.05, 0) is 24.0 Å². The Balaban J connectivity index is 2.13. The average Bonchev–Trinajstić information content (AvgIpc) is 3.23. The van der Waals surface area contributed by atoms with Crippen LogP contribution in [0.15, 0.2) is 30.5 Å². The summed E-state index contributed by atoms with van der Waals surface area (Å²) in [6, 6.07) is 2.29. The van der Waals surface area contributed by atoms with Crippen LogP contribution in [-0.2, 0) is 25.6 Å². The molecule has 4 atom stereocenters. The molecular weight excluding hydrogens is 458 g/mol. The molecule has 0 aliphatic carbocycles. The van der Waals surface area contributed by atoms with Crippen LogP contribution in [-0.4, -0.2) is 81.4 Å². The van der Waals surface area contributed by atoms with Crippen LogP contribution in [0.4, 0.5) is 0 Å². The maximum Gasteiger partial charge on any atom is 0.326 e. The standard InChI is InChI=1S/C23H33N5O7/c1-12(2)7-17(26-22(33)19(11-30)28-20(31)15(24)10-29)21(32)27-18(23(34)35)8-13-9-25-16-6-4-3-5-14(13)16/h3-6,9,12,15,17-19,25,29-30H,7-8,10-11,24H2,1-2H3,(H,26,33)(H,27,32)(H,28,31)(H,34,35). The quantitative estimate of drug-likeness (QED) is 0.167. The van der Waals surface area contributed by atoms with E-state index < -0.39 is 61.1 Å². The number of aromatic amines is 1. The molecule has 3 amide bonds. The Morgan fingerprint density at radius 3 is 2.11 bits per heavy atom. The number of aliphatic hydroxyl groups excluding tert-OH is 2. The number of carbonyl (C=O) groups is 4. The Morgan fingerprint density at radius 2 is 1.51 bits per heavy atom. The van der Waals surface area contributed by atoms with Gasteiger partial charge in [0.05, 0.1) is 13.2 Å². The first kappa shape index (κ1) is 27.8. The number of carboxylic acid groups (broad SMARTS) is 1. The summed E-state index contributed by atoms with van der Waals surface area (Å²) in [7, 11) is 0. The van der Waals surface area contributed by atoms with E-state index >= 15 is 0 Å². The van der Waals surface area contributed by atoms with Crippen molar-refractivity contribution >= 4 is 34.6 Å². The van der Waals surface area contributed by atoms with Crippen molar-refractivity contribution in [3.05, 3.63) is 36.0 Å². The highest BCUT2D eigenvalue weighted by atomic mass is 16.4. The van der Waals surface area contributed by atoms with Crippen LogP contribution in [0.25, 0.3) is 10.9 Å². The maximum absolute atomic E-state index is 13.0. The molecule has 4 unspecified atom stereocenters. The molecule has 1 heterocycles. The Hall–Kier alpha value is -3.48. The number of amides is 3. The molecule has 0 aliphatic rings. The Morgan fingerprint density at radius 1 is 0.914 bits per heavy atom. The molecule has 0 aliphatic heterocycles. The summed E-state index contributed by atoms with van der Waals surface area (Å²) in [5.74, 6) is -3.70. The van der Waals surface area contributed by atoms with Gasteiger partial charge in [-0.25, -0.2) is 4.79 Å². The summed E-state index contributed by atoms with van der Waals surface area (Å²) in [6.45, 7) is 2.21. The van der Waals surface area contributed by atoms with Crippen LogP contribution in [0.3, 0.4) is 0 Å². The van der Waals surface area contributed by atoms with Crippen LogP contribution >= 0.6 is 0 Å². The predicted octanol–water partition coefficient (Wildman–Crippen LogP) is -1.39. The highest BCUT2D eigenvalue weighted by molar-refractivity contribution is 5.94. The van der Waals surface area contributed by atoms with E-state index in [1.165, 1.54) is 0 Å². The topological polar surface area (TPSA) is 207 Å². The lowest BCUT2D eigenvalue weighted by atomic mass is 10.0. The number of nitrogens with two attached hydrogens (primary N) is 1. The number of H-pyrrole nitrogens is 1. The number of carbonyl (C=O) groups excluding carboxylic acids is 3. The normalized spacial score (nSPS) is 14.7. The lowest BCUT2D eigenvalue weighted by Crippen LogP contribution is -2.58. The van der Waals surface area contributed by atoms with Gasteiger partial charge < -0.3 is 42.0 Å². The number of benzene rings is 1. The highest BCUT2D eigenvalue weighted by Crippen LogP contribution is 2.19. The number of aliphatic hydroxyl groups is 2.